The molecule has 1 saturated heterocycles. The molecule has 82 valence electrons. The zero-order valence-corrected chi connectivity index (χ0v) is 8.82. The first-order valence-corrected chi connectivity index (χ1v) is 5.03. The largest absolute Gasteiger partial charge is 0.383 e. The van der Waals surface area contributed by atoms with Crippen LogP contribution in [0.25, 0.3) is 0 Å². The first-order chi connectivity index (χ1) is 7.18. The predicted octanol–water partition coefficient (Wildman–Crippen LogP) is -0.641. The van der Waals surface area contributed by atoms with Gasteiger partial charge in [-0.2, -0.15) is 9.97 Å². The maximum atomic E-state index is 5.75. The lowest BCUT2D eigenvalue weighted by atomic mass is 10.2. The van der Waals surface area contributed by atoms with E-state index < -0.39 is 0 Å². The van der Waals surface area contributed by atoms with Crippen LogP contribution in [0.5, 0.6) is 0 Å². The van der Waals surface area contributed by atoms with Crippen molar-refractivity contribution < 1.29 is 0 Å². The Morgan fingerprint density at radius 2 is 1.87 bits per heavy atom. The molecule has 2 heterocycles. The normalized spacial score (nSPS) is 16.7. The van der Waals surface area contributed by atoms with E-state index in [1.165, 1.54) is 0 Å². The highest BCUT2D eigenvalue weighted by atomic mass is 15.3. The van der Waals surface area contributed by atoms with E-state index in [4.69, 9.17) is 11.5 Å². The van der Waals surface area contributed by atoms with E-state index in [-0.39, 0.29) is 5.95 Å². The molecular weight excluding hydrogens is 192 g/mol. The van der Waals surface area contributed by atoms with Crippen LogP contribution in [0.3, 0.4) is 0 Å². The molecule has 15 heavy (non-hydrogen) atoms. The second kappa shape index (κ2) is 3.90. The molecule has 1 aromatic rings. The van der Waals surface area contributed by atoms with Crippen LogP contribution in [-0.2, 0) is 0 Å². The molecule has 0 saturated carbocycles. The van der Waals surface area contributed by atoms with Crippen molar-refractivity contribution in [2.24, 2.45) is 0 Å². The number of nitrogen functional groups attached to an aromatic ring is 2. The van der Waals surface area contributed by atoms with Crippen LogP contribution in [0, 0.1) is 6.92 Å². The van der Waals surface area contributed by atoms with Crippen molar-refractivity contribution in [3.63, 3.8) is 0 Å². The SMILES string of the molecule is Cc1c(N)nc(N)nc1N1CCNCC1. The molecule has 0 atom stereocenters. The number of aromatic nitrogens is 2. The van der Waals surface area contributed by atoms with Gasteiger partial charge in [-0.25, -0.2) is 0 Å². The monoisotopic (exact) mass is 208 g/mol. The summed E-state index contributed by atoms with van der Waals surface area (Å²) in [5, 5.41) is 3.29. The zero-order valence-electron chi connectivity index (χ0n) is 8.82. The molecule has 0 aliphatic carbocycles. The van der Waals surface area contributed by atoms with E-state index in [0.717, 1.165) is 37.6 Å². The van der Waals surface area contributed by atoms with E-state index in [9.17, 15) is 0 Å². The van der Waals surface area contributed by atoms with Crippen LogP contribution >= 0.6 is 0 Å². The average molecular weight is 208 g/mol. The van der Waals surface area contributed by atoms with E-state index in [1.807, 2.05) is 6.92 Å². The number of hydrogen-bond donors (Lipinski definition) is 3. The summed E-state index contributed by atoms with van der Waals surface area (Å²) >= 11 is 0. The van der Waals surface area contributed by atoms with Crippen LogP contribution in [0.15, 0.2) is 0 Å². The van der Waals surface area contributed by atoms with Gasteiger partial charge in [0, 0.05) is 31.7 Å². The Hall–Kier alpha value is -1.56. The summed E-state index contributed by atoms with van der Waals surface area (Å²) in [6.45, 7) is 5.70. The molecule has 1 aliphatic heterocycles. The number of hydrogen-bond acceptors (Lipinski definition) is 6. The fourth-order valence-electron chi connectivity index (χ4n) is 1.72. The Bertz CT molecular complexity index is 358. The Morgan fingerprint density at radius 1 is 1.20 bits per heavy atom. The standard InChI is InChI=1S/C9H16N6/c1-6-7(10)13-9(11)14-8(6)15-4-2-12-3-5-15/h12H,2-5H2,1H3,(H4,10,11,13,14). The highest BCUT2D eigenvalue weighted by Gasteiger charge is 2.16. The summed E-state index contributed by atoms with van der Waals surface area (Å²) in [4.78, 5) is 10.4. The van der Waals surface area contributed by atoms with Gasteiger partial charge < -0.3 is 21.7 Å². The number of nitrogens with zero attached hydrogens (tertiary/aromatic N) is 3. The van der Waals surface area contributed by atoms with Gasteiger partial charge in [0.25, 0.3) is 0 Å². The van der Waals surface area contributed by atoms with Gasteiger partial charge in [-0.15, -0.1) is 0 Å². The first-order valence-electron chi connectivity index (χ1n) is 5.03. The number of anilines is 3. The van der Waals surface area contributed by atoms with Gasteiger partial charge >= 0.3 is 0 Å². The van der Waals surface area contributed by atoms with Crippen LogP contribution in [0.1, 0.15) is 5.56 Å². The topological polar surface area (TPSA) is 93.1 Å². The lowest BCUT2D eigenvalue weighted by molar-refractivity contribution is 0.584. The summed E-state index contributed by atoms with van der Waals surface area (Å²) in [6.07, 6.45) is 0. The van der Waals surface area contributed by atoms with Gasteiger partial charge in [0.2, 0.25) is 5.95 Å². The Kier molecular flexibility index (Phi) is 2.59. The fraction of sp³-hybridized carbons (Fsp3) is 0.556. The fourth-order valence-corrected chi connectivity index (χ4v) is 1.72. The average Bonchev–Trinajstić information content (AvgIpc) is 2.24. The highest BCUT2D eigenvalue weighted by Crippen LogP contribution is 2.22. The Labute approximate surface area is 88.7 Å². The maximum Gasteiger partial charge on any atom is 0.223 e. The summed E-state index contributed by atoms with van der Waals surface area (Å²) in [5.41, 5.74) is 12.3. The van der Waals surface area contributed by atoms with Gasteiger partial charge in [0.15, 0.2) is 0 Å². The summed E-state index contributed by atoms with van der Waals surface area (Å²) in [6, 6.07) is 0. The molecule has 2 rings (SSSR count). The van der Waals surface area contributed by atoms with Crippen molar-refractivity contribution in [2.45, 2.75) is 6.92 Å². The summed E-state index contributed by atoms with van der Waals surface area (Å²) in [5.74, 6) is 1.57. The molecule has 0 unspecified atom stereocenters. The zero-order chi connectivity index (χ0) is 10.8. The second-order valence-electron chi connectivity index (χ2n) is 3.65. The molecule has 0 spiro atoms. The summed E-state index contributed by atoms with van der Waals surface area (Å²) in [7, 11) is 0. The quantitative estimate of drug-likeness (QED) is 0.568. The van der Waals surface area contributed by atoms with Gasteiger partial charge in [-0.1, -0.05) is 0 Å². The minimum atomic E-state index is 0.242. The molecule has 5 N–H and O–H groups in total. The molecule has 6 heteroatoms. The molecule has 1 aromatic heterocycles. The first kappa shape index (κ1) is 9.97. The summed E-state index contributed by atoms with van der Waals surface area (Å²) < 4.78 is 0. The number of nitrogens with one attached hydrogen (secondary N) is 1. The second-order valence-corrected chi connectivity index (χ2v) is 3.65. The Balaban J connectivity index is 2.33. The number of nitrogens with two attached hydrogens (primary N) is 2. The molecule has 6 nitrogen and oxygen atoms in total. The number of piperazine rings is 1. The Morgan fingerprint density at radius 3 is 2.53 bits per heavy atom. The third-order valence-electron chi connectivity index (χ3n) is 2.59. The smallest absolute Gasteiger partial charge is 0.223 e. The molecule has 1 aliphatic rings. The third-order valence-corrected chi connectivity index (χ3v) is 2.59. The minimum Gasteiger partial charge on any atom is -0.383 e. The number of rotatable bonds is 1. The van der Waals surface area contributed by atoms with Crippen LogP contribution in [0.4, 0.5) is 17.6 Å². The molecule has 0 radical (unpaired) electrons. The van der Waals surface area contributed by atoms with Crippen molar-refractivity contribution in [3.8, 4) is 0 Å². The lowest BCUT2D eigenvalue weighted by Gasteiger charge is -2.29. The van der Waals surface area contributed by atoms with E-state index in [1.54, 1.807) is 0 Å². The molecule has 1 fully saturated rings. The van der Waals surface area contributed by atoms with E-state index >= 15 is 0 Å². The van der Waals surface area contributed by atoms with Gasteiger partial charge in [0.1, 0.15) is 11.6 Å². The van der Waals surface area contributed by atoms with Crippen molar-refractivity contribution in [1.29, 1.82) is 0 Å². The highest BCUT2D eigenvalue weighted by molar-refractivity contribution is 5.59. The lowest BCUT2D eigenvalue weighted by Crippen LogP contribution is -2.44. The van der Waals surface area contributed by atoms with E-state index in [2.05, 4.69) is 20.2 Å². The molecule has 0 aromatic carbocycles. The molecule has 0 bridgehead atoms. The van der Waals surface area contributed by atoms with Crippen LogP contribution in [0.2, 0.25) is 0 Å². The third kappa shape index (κ3) is 1.94. The van der Waals surface area contributed by atoms with Gasteiger partial charge in [-0.05, 0) is 6.92 Å². The van der Waals surface area contributed by atoms with Crippen molar-refractivity contribution >= 4 is 17.6 Å². The van der Waals surface area contributed by atoms with E-state index in [0.29, 0.717) is 5.82 Å². The van der Waals surface area contributed by atoms with Crippen LogP contribution < -0.4 is 21.7 Å². The minimum absolute atomic E-state index is 0.242. The van der Waals surface area contributed by atoms with Crippen molar-refractivity contribution in [3.05, 3.63) is 5.56 Å². The maximum absolute atomic E-state index is 5.75. The van der Waals surface area contributed by atoms with Gasteiger partial charge in [0.05, 0.1) is 0 Å². The molecular formula is C9H16N6. The molecule has 0 amide bonds. The van der Waals surface area contributed by atoms with Crippen LogP contribution in [-0.4, -0.2) is 36.1 Å². The predicted molar refractivity (Wildman–Crippen MR) is 60.7 cm³/mol. The van der Waals surface area contributed by atoms with Crippen molar-refractivity contribution in [1.82, 2.24) is 15.3 Å². The van der Waals surface area contributed by atoms with Gasteiger partial charge in [-0.3, -0.25) is 0 Å². The van der Waals surface area contributed by atoms with Crippen molar-refractivity contribution in [2.75, 3.05) is 42.5 Å².